The van der Waals surface area contributed by atoms with Crippen LogP contribution in [-0.2, 0) is 6.18 Å². The number of nitrogens with zero attached hydrogens (tertiary/aromatic N) is 2. The zero-order valence-corrected chi connectivity index (χ0v) is 16.2. The number of aromatic nitrogens is 2. The fourth-order valence-electron chi connectivity index (χ4n) is 3.65. The van der Waals surface area contributed by atoms with Gasteiger partial charge < -0.3 is 10.3 Å². The van der Waals surface area contributed by atoms with Gasteiger partial charge in [0, 0.05) is 17.1 Å². The van der Waals surface area contributed by atoms with Gasteiger partial charge in [0.1, 0.15) is 4.88 Å². The molecule has 2 aromatic heterocycles. The van der Waals surface area contributed by atoms with Gasteiger partial charge in [-0.05, 0) is 41.5 Å². The highest BCUT2D eigenvalue weighted by molar-refractivity contribution is 7.15. The van der Waals surface area contributed by atoms with Crippen LogP contribution in [-0.4, -0.2) is 22.5 Å². The molecule has 152 valence electrons. The number of anilines is 1. The first kappa shape index (κ1) is 18.7. The van der Waals surface area contributed by atoms with Gasteiger partial charge in [-0.2, -0.15) is 13.2 Å². The number of amides is 2. The molecule has 1 fully saturated rings. The number of carbonyl (C=O) groups excluding carboxylic acids is 1. The average molecular weight is 428 g/mol. The lowest BCUT2D eigenvalue weighted by atomic mass is 10.0. The monoisotopic (exact) mass is 428 g/mol. The Morgan fingerprint density at radius 2 is 1.87 bits per heavy atom. The van der Waals surface area contributed by atoms with Gasteiger partial charge in [0.15, 0.2) is 0 Å². The number of urea groups is 1. The maximum absolute atomic E-state index is 12.9. The van der Waals surface area contributed by atoms with Crippen LogP contribution in [0.25, 0.3) is 21.5 Å². The molecule has 4 aromatic rings. The zero-order valence-electron chi connectivity index (χ0n) is 15.4. The van der Waals surface area contributed by atoms with E-state index in [-0.39, 0.29) is 12.1 Å². The summed E-state index contributed by atoms with van der Waals surface area (Å²) in [6, 6.07) is 15.0. The smallest absolute Gasteiger partial charge is 0.345 e. The van der Waals surface area contributed by atoms with E-state index in [1.54, 1.807) is 23.4 Å². The number of aromatic amines is 1. The Morgan fingerprint density at radius 1 is 1.07 bits per heavy atom. The number of fused-ring (bicyclic) bond motifs is 1. The van der Waals surface area contributed by atoms with Gasteiger partial charge in [-0.1, -0.05) is 24.3 Å². The molecule has 2 amide bonds. The second kappa shape index (κ2) is 6.88. The van der Waals surface area contributed by atoms with Crippen LogP contribution in [0, 0.1) is 0 Å². The predicted molar refractivity (Wildman–Crippen MR) is 109 cm³/mol. The number of benzene rings is 2. The SMILES string of the molecule is O=C1NC[C@@H](c2ccc(-c3ccc(C(F)(F)F)s3)cc2)N1c1ccc2[nH]cnc2c1. The van der Waals surface area contributed by atoms with Gasteiger partial charge in [-0.25, -0.2) is 9.78 Å². The summed E-state index contributed by atoms with van der Waals surface area (Å²) in [5, 5.41) is 2.86. The molecule has 0 radical (unpaired) electrons. The third-order valence-corrected chi connectivity index (χ3v) is 6.30. The van der Waals surface area contributed by atoms with Gasteiger partial charge in [0.05, 0.1) is 23.4 Å². The molecule has 0 saturated carbocycles. The number of rotatable bonds is 3. The van der Waals surface area contributed by atoms with Crippen molar-refractivity contribution in [1.29, 1.82) is 0 Å². The minimum Gasteiger partial charge on any atom is -0.345 e. The van der Waals surface area contributed by atoms with Crippen molar-refractivity contribution in [2.45, 2.75) is 12.2 Å². The average Bonchev–Trinajstić information content (AvgIpc) is 3.46. The normalized spacial score (nSPS) is 17.0. The molecule has 1 atom stereocenters. The molecular formula is C21H15F3N4OS. The van der Waals surface area contributed by atoms with Crippen LogP contribution in [0.1, 0.15) is 16.5 Å². The number of imidazole rings is 1. The first-order valence-corrected chi connectivity index (χ1v) is 9.99. The van der Waals surface area contributed by atoms with E-state index in [1.807, 2.05) is 30.3 Å². The fourth-order valence-corrected chi connectivity index (χ4v) is 4.53. The van der Waals surface area contributed by atoms with E-state index in [2.05, 4.69) is 15.3 Å². The lowest BCUT2D eigenvalue weighted by molar-refractivity contribution is -0.134. The summed E-state index contributed by atoms with van der Waals surface area (Å²) < 4.78 is 38.6. The van der Waals surface area contributed by atoms with Crippen molar-refractivity contribution in [3.63, 3.8) is 0 Å². The number of hydrogen-bond acceptors (Lipinski definition) is 3. The standard InChI is InChI=1S/C21H15F3N4OS/c22-21(23,24)19-8-7-18(30-19)13-3-1-12(2-4-13)17-10-25-20(29)28(17)14-5-6-15-16(9-14)27-11-26-15/h1-9,11,17H,10H2,(H,25,29)(H,26,27)/t17-/m0/s1. The molecule has 0 aliphatic carbocycles. The summed E-state index contributed by atoms with van der Waals surface area (Å²) in [4.78, 5) is 21.4. The molecule has 5 nitrogen and oxygen atoms in total. The van der Waals surface area contributed by atoms with Gasteiger partial charge in [0.25, 0.3) is 0 Å². The molecular weight excluding hydrogens is 413 g/mol. The van der Waals surface area contributed by atoms with Crippen LogP contribution < -0.4 is 10.2 Å². The van der Waals surface area contributed by atoms with Gasteiger partial charge >= 0.3 is 12.2 Å². The summed E-state index contributed by atoms with van der Waals surface area (Å²) in [7, 11) is 0. The second-order valence-corrected chi connectivity index (χ2v) is 8.04. The van der Waals surface area contributed by atoms with Crippen molar-refractivity contribution in [2.24, 2.45) is 0 Å². The summed E-state index contributed by atoms with van der Waals surface area (Å²) in [5.74, 6) is 0. The molecule has 3 heterocycles. The van der Waals surface area contributed by atoms with E-state index in [4.69, 9.17) is 0 Å². The Hall–Kier alpha value is -3.33. The first-order chi connectivity index (χ1) is 14.4. The van der Waals surface area contributed by atoms with Crippen LogP contribution >= 0.6 is 11.3 Å². The van der Waals surface area contributed by atoms with E-state index in [9.17, 15) is 18.0 Å². The minimum absolute atomic E-state index is 0.202. The molecule has 2 N–H and O–H groups in total. The van der Waals surface area contributed by atoms with Crippen molar-refractivity contribution in [3.8, 4) is 10.4 Å². The third-order valence-electron chi connectivity index (χ3n) is 5.13. The lowest BCUT2D eigenvalue weighted by Crippen LogP contribution is -2.29. The van der Waals surface area contributed by atoms with Crippen molar-refractivity contribution in [2.75, 3.05) is 11.4 Å². The highest BCUT2D eigenvalue weighted by Crippen LogP contribution is 2.39. The molecule has 30 heavy (non-hydrogen) atoms. The number of alkyl halides is 3. The molecule has 0 spiro atoms. The van der Waals surface area contributed by atoms with E-state index < -0.39 is 11.1 Å². The second-order valence-electron chi connectivity index (χ2n) is 6.96. The highest BCUT2D eigenvalue weighted by atomic mass is 32.1. The van der Waals surface area contributed by atoms with Crippen LogP contribution in [0.3, 0.4) is 0 Å². The van der Waals surface area contributed by atoms with E-state index >= 15 is 0 Å². The quantitative estimate of drug-likeness (QED) is 0.447. The Morgan fingerprint density at radius 3 is 2.60 bits per heavy atom. The van der Waals surface area contributed by atoms with E-state index in [0.29, 0.717) is 17.0 Å². The van der Waals surface area contributed by atoms with Crippen LogP contribution in [0.15, 0.2) is 60.9 Å². The first-order valence-electron chi connectivity index (χ1n) is 9.18. The molecule has 0 unspecified atom stereocenters. The number of thiophene rings is 1. The number of hydrogen-bond donors (Lipinski definition) is 2. The topological polar surface area (TPSA) is 61.0 Å². The molecule has 1 aliphatic heterocycles. The number of carbonyl (C=O) groups is 1. The number of H-pyrrole nitrogens is 1. The largest absolute Gasteiger partial charge is 0.425 e. The summed E-state index contributed by atoms with van der Waals surface area (Å²) in [6.07, 6.45) is -2.74. The van der Waals surface area contributed by atoms with Gasteiger partial charge in [-0.3, -0.25) is 4.90 Å². The van der Waals surface area contributed by atoms with E-state index in [0.717, 1.165) is 39.7 Å². The fraction of sp³-hybridized carbons (Fsp3) is 0.143. The lowest BCUT2D eigenvalue weighted by Gasteiger charge is -2.23. The summed E-state index contributed by atoms with van der Waals surface area (Å²) >= 11 is 0.719. The minimum atomic E-state index is -4.34. The molecule has 5 rings (SSSR count). The van der Waals surface area contributed by atoms with Crippen molar-refractivity contribution >= 4 is 34.1 Å². The Bertz CT molecular complexity index is 1230. The van der Waals surface area contributed by atoms with Crippen LogP contribution in [0.2, 0.25) is 0 Å². The summed E-state index contributed by atoms with van der Waals surface area (Å²) in [5.41, 5.74) is 3.98. The van der Waals surface area contributed by atoms with E-state index in [1.165, 1.54) is 6.07 Å². The Kier molecular flexibility index (Phi) is 4.28. The maximum Gasteiger partial charge on any atom is 0.425 e. The molecule has 1 saturated heterocycles. The maximum atomic E-state index is 12.9. The van der Waals surface area contributed by atoms with Gasteiger partial charge in [-0.15, -0.1) is 11.3 Å². The molecule has 2 aromatic carbocycles. The van der Waals surface area contributed by atoms with Crippen molar-refractivity contribution in [1.82, 2.24) is 15.3 Å². The van der Waals surface area contributed by atoms with Crippen LogP contribution in [0.5, 0.6) is 0 Å². The van der Waals surface area contributed by atoms with Crippen molar-refractivity contribution in [3.05, 3.63) is 71.4 Å². The molecule has 1 aliphatic rings. The summed E-state index contributed by atoms with van der Waals surface area (Å²) in [6.45, 7) is 0.438. The Labute approximate surface area is 173 Å². The van der Waals surface area contributed by atoms with Crippen molar-refractivity contribution < 1.29 is 18.0 Å². The third kappa shape index (κ3) is 3.21. The number of nitrogens with one attached hydrogen (secondary N) is 2. The van der Waals surface area contributed by atoms with Crippen LogP contribution in [0.4, 0.5) is 23.7 Å². The zero-order chi connectivity index (χ0) is 20.9. The highest BCUT2D eigenvalue weighted by Gasteiger charge is 2.34. The predicted octanol–water partition coefficient (Wildman–Crippen LogP) is 5.58. The number of halogens is 3. The molecule has 0 bridgehead atoms. The Balaban J connectivity index is 1.44. The molecule has 9 heteroatoms. The van der Waals surface area contributed by atoms with Gasteiger partial charge in [0.2, 0.25) is 0 Å².